The number of benzene rings is 2. The molecule has 0 saturated carbocycles. The number of esters is 1. The predicted molar refractivity (Wildman–Crippen MR) is 98.2 cm³/mol. The van der Waals surface area contributed by atoms with Gasteiger partial charge in [0.25, 0.3) is 11.8 Å². The summed E-state index contributed by atoms with van der Waals surface area (Å²) in [5.41, 5.74) is 1.57. The standard InChI is InChI=1S/C20H16N2O6/c1-27-19(25)14-6-2-5-13(8-14)11-28-15-7-3-4-12(9-15)10-16-17(23)21-20(26)22-18(16)24/h2-10H,11H2,1H3,(H2,21,22,23,24,26). The maximum Gasteiger partial charge on any atom is 0.337 e. The number of hydrogen-bond donors (Lipinski definition) is 2. The number of carbonyl (C=O) groups is 4. The molecule has 0 aliphatic carbocycles. The van der Waals surface area contributed by atoms with Crippen LogP contribution in [0.15, 0.2) is 54.1 Å². The van der Waals surface area contributed by atoms with Gasteiger partial charge in [-0.05, 0) is 41.5 Å². The second kappa shape index (κ2) is 8.17. The molecule has 1 fully saturated rings. The number of rotatable bonds is 5. The highest BCUT2D eigenvalue weighted by Gasteiger charge is 2.27. The highest BCUT2D eigenvalue weighted by molar-refractivity contribution is 6.31. The Bertz CT molecular complexity index is 974. The lowest BCUT2D eigenvalue weighted by Gasteiger charge is -2.14. The van der Waals surface area contributed by atoms with Crippen molar-refractivity contribution in [1.29, 1.82) is 0 Å². The van der Waals surface area contributed by atoms with Crippen LogP contribution >= 0.6 is 0 Å². The molecule has 0 atom stereocenters. The number of ether oxygens (including phenoxy) is 2. The molecule has 2 aromatic carbocycles. The molecule has 2 N–H and O–H groups in total. The van der Waals surface area contributed by atoms with Crippen LogP contribution in [-0.2, 0) is 20.9 Å². The Labute approximate surface area is 160 Å². The fraction of sp³-hybridized carbons (Fsp3) is 0.100. The van der Waals surface area contributed by atoms with Crippen LogP contribution in [0, 0.1) is 0 Å². The van der Waals surface area contributed by atoms with Crippen LogP contribution in [-0.4, -0.2) is 30.9 Å². The van der Waals surface area contributed by atoms with Crippen molar-refractivity contribution in [3.63, 3.8) is 0 Å². The number of urea groups is 1. The zero-order valence-electron chi connectivity index (χ0n) is 14.9. The van der Waals surface area contributed by atoms with Gasteiger partial charge in [0, 0.05) is 0 Å². The number of barbiturate groups is 1. The third-order valence-corrected chi connectivity index (χ3v) is 3.87. The largest absolute Gasteiger partial charge is 0.489 e. The highest BCUT2D eigenvalue weighted by Crippen LogP contribution is 2.18. The number of amides is 4. The summed E-state index contributed by atoms with van der Waals surface area (Å²) in [6, 6.07) is 12.8. The molecule has 3 rings (SSSR count). The Hall–Kier alpha value is -3.94. The maximum atomic E-state index is 11.8. The Balaban J connectivity index is 1.73. The molecule has 1 heterocycles. The van der Waals surface area contributed by atoms with Crippen LogP contribution in [0.1, 0.15) is 21.5 Å². The molecule has 8 heteroatoms. The van der Waals surface area contributed by atoms with Crippen LogP contribution in [0.2, 0.25) is 0 Å². The molecule has 8 nitrogen and oxygen atoms in total. The monoisotopic (exact) mass is 380 g/mol. The number of hydrogen-bond acceptors (Lipinski definition) is 6. The van der Waals surface area contributed by atoms with E-state index in [2.05, 4.69) is 0 Å². The summed E-state index contributed by atoms with van der Waals surface area (Å²) in [6.45, 7) is 0.209. The molecule has 1 aliphatic heterocycles. The minimum atomic E-state index is -0.849. The van der Waals surface area contributed by atoms with E-state index in [0.29, 0.717) is 16.9 Å². The van der Waals surface area contributed by atoms with Gasteiger partial charge in [0.15, 0.2) is 0 Å². The second-order valence-electron chi connectivity index (χ2n) is 5.85. The summed E-state index contributed by atoms with van der Waals surface area (Å²) in [5.74, 6) is -1.46. The zero-order valence-corrected chi connectivity index (χ0v) is 14.9. The van der Waals surface area contributed by atoms with Gasteiger partial charge in [0.1, 0.15) is 17.9 Å². The molecule has 4 amide bonds. The first-order valence-electron chi connectivity index (χ1n) is 8.25. The van der Waals surface area contributed by atoms with Crippen LogP contribution in [0.5, 0.6) is 5.75 Å². The number of methoxy groups -OCH3 is 1. The van der Waals surface area contributed by atoms with Crippen molar-refractivity contribution in [2.75, 3.05) is 7.11 Å². The minimum absolute atomic E-state index is 0.178. The van der Waals surface area contributed by atoms with E-state index in [4.69, 9.17) is 9.47 Å². The smallest absolute Gasteiger partial charge is 0.337 e. The fourth-order valence-corrected chi connectivity index (χ4v) is 2.54. The highest BCUT2D eigenvalue weighted by atomic mass is 16.5. The molecule has 1 aliphatic rings. The molecule has 0 spiro atoms. The molecule has 2 aromatic rings. The van der Waals surface area contributed by atoms with E-state index >= 15 is 0 Å². The molecular weight excluding hydrogens is 364 g/mol. The van der Waals surface area contributed by atoms with E-state index in [9.17, 15) is 19.2 Å². The molecule has 28 heavy (non-hydrogen) atoms. The molecule has 0 bridgehead atoms. The van der Waals surface area contributed by atoms with E-state index in [-0.39, 0.29) is 12.2 Å². The summed E-state index contributed by atoms with van der Waals surface area (Å²) < 4.78 is 10.4. The third-order valence-electron chi connectivity index (χ3n) is 3.87. The molecule has 1 saturated heterocycles. The Morgan fingerprint density at radius 2 is 1.71 bits per heavy atom. The van der Waals surface area contributed by atoms with Gasteiger partial charge in [-0.15, -0.1) is 0 Å². The van der Waals surface area contributed by atoms with Gasteiger partial charge in [0.2, 0.25) is 0 Å². The van der Waals surface area contributed by atoms with Gasteiger partial charge < -0.3 is 9.47 Å². The topological polar surface area (TPSA) is 111 Å². The first kappa shape index (κ1) is 18.8. The normalized spacial score (nSPS) is 13.5. The van der Waals surface area contributed by atoms with Gasteiger partial charge >= 0.3 is 12.0 Å². The molecule has 0 aromatic heterocycles. The number of imide groups is 2. The zero-order chi connectivity index (χ0) is 20.1. The summed E-state index contributed by atoms with van der Waals surface area (Å²) in [7, 11) is 1.31. The van der Waals surface area contributed by atoms with Crippen molar-refractivity contribution in [2.45, 2.75) is 6.61 Å². The number of nitrogens with one attached hydrogen (secondary N) is 2. The van der Waals surface area contributed by atoms with Crippen LogP contribution < -0.4 is 15.4 Å². The fourth-order valence-electron chi connectivity index (χ4n) is 2.54. The lowest BCUT2D eigenvalue weighted by Crippen LogP contribution is -2.51. The van der Waals surface area contributed by atoms with Crippen molar-refractivity contribution in [1.82, 2.24) is 10.6 Å². The minimum Gasteiger partial charge on any atom is -0.489 e. The second-order valence-corrected chi connectivity index (χ2v) is 5.85. The van der Waals surface area contributed by atoms with Gasteiger partial charge in [0.05, 0.1) is 12.7 Å². The van der Waals surface area contributed by atoms with E-state index < -0.39 is 23.8 Å². The summed E-state index contributed by atoms with van der Waals surface area (Å²) in [4.78, 5) is 46.3. The SMILES string of the molecule is COC(=O)c1cccc(COc2cccc(C=C3C(=O)NC(=O)NC3=O)c2)c1. The van der Waals surface area contributed by atoms with Crippen molar-refractivity contribution in [2.24, 2.45) is 0 Å². The third kappa shape index (κ3) is 4.42. The van der Waals surface area contributed by atoms with E-state index in [1.54, 1.807) is 42.5 Å². The molecule has 0 radical (unpaired) electrons. The summed E-state index contributed by atoms with van der Waals surface area (Å²) >= 11 is 0. The van der Waals surface area contributed by atoms with E-state index in [1.807, 2.05) is 16.7 Å². The molecule has 142 valence electrons. The van der Waals surface area contributed by atoms with Crippen LogP contribution in [0.25, 0.3) is 6.08 Å². The Kier molecular flexibility index (Phi) is 5.50. The Morgan fingerprint density at radius 3 is 2.43 bits per heavy atom. The van der Waals surface area contributed by atoms with Crippen molar-refractivity contribution in [3.05, 3.63) is 70.8 Å². The lowest BCUT2D eigenvalue weighted by molar-refractivity contribution is -0.123. The van der Waals surface area contributed by atoms with Gasteiger partial charge in [-0.3, -0.25) is 20.2 Å². The quantitative estimate of drug-likeness (QED) is 0.465. The average molecular weight is 380 g/mol. The van der Waals surface area contributed by atoms with Crippen LogP contribution in [0.3, 0.4) is 0 Å². The van der Waals surface area contributed by atoms with E-state index in [0.717, 1.165) is 5.56 Å². The lowest BCUT2D eigenvalue weighted by atomic mass is 10.1. The van der Waals surface area contributed by atoms with Crippen molar-refractivity contribution < 1.29 is 28.7 Å². The maximum absolute atomic E-state index is 11.8. The molecule has 0 unspecified atom stereocenters. The van der Waals surface area contributed by atoms with Gasteiger partial charge in [-0.25, -0.2) is 9.59 Å². The van der Waals surface area contributed by atoms with Crippen molar-refractivity contribution in [3.8, 4) is 5.75 Å². The first-order chi connectivity index (χ1) is 13.5. The van der Waals surface area contributed by atoms with Crippen molar-refractivity contribution >= 4 is 29.9 Å². The summed E-state index contributed by atoms with van der Waals surface area (Å²) in [6.07, 6.45) is 1.36. The predicted octanol–water partition coefficient (Wildman–Crippen LogP) is 1.80. The van der Waals surface area contributed by atoms with Gasteiger partial charge in [-0.2, -0.15) is 0 Å². The van der Waals surface area contributed by atoms with Gasteiger partial charge in [-0.1, -0.05) is 24.3 Å². The van der Waals surface area contributed by atoms with Crippen LogP contribution in [0.4, 0.5) is 4.79 Å². The Morgan fingerprint density at radius 1 is 1.00 bits per heavy atom. The first-order valence-corrected chi connectivity index (χ1v) is 8.25. The number of carbonyl (C=O) groups excluding carboxylic acids is 4. The van der Waals surface area contributed by atoms with E-state index in [1.165, 1.54) is 13.2 Å². The molecular formula is C20H16N2O6. The average Bonchev–Trinajstić information content (AvgIpc) is 2.69. The summed E-state index contributed by atoms with van der Waals surface area (Å²) in [5, 5.41) is 4.03.